The molecule has 0 fully saturated rings. The van der Waals surface area contributed by atoms with E-state index in [1.54, 1.807) is 43.9 Å². The number of rotatable bonds is 4. The van der Waals surface area contributed by atoms with Gasteiger partial charge in [0.15, 0.2) is 0 Å². The zero-order valence-electron chi connectivity index (χ0n) is 15.1. The van der Waals surface area contributed by atoms with Crippen LogP contribution in [0, 0.1) is 13.8 Å². The van der Waals surface area contributed by atoms with E-state index in [4.69, 9.17) is 0 Å². The monoisotopic (exact) mass is 376 g/mol. The maximum Gasteiger partial charge on any atom is 0.416 e. The van der Waals surface area contributed by atoms with Crippen molar-refractivity contribution in [3.8, 4) is 0 Å². The summed E-state index contributed by atoms with van der Waals surface area (Å²) in [4.78, 5) is 16.0. The van der Waals surface area contributed by atoms with Gasteiger partial charge in [-0.3, -0.25) is 4.79 Å². The van der Waals surface area contributed by atoms with Gasteiger partial charge in [-0.15, -0.1) is 0 Å². The molecule has 2 N–H and O–H groups in total. The minimum absolute atomic E-state index is 0.131. The summed E-state index contributed by atoms with van der Waals surface area (Å²) < 4.78 is 40.7. The second-order valence-corrected chi connectivity index (χ2v) is 6.32. The van der Waals surface area contributed by atoms with Crippen molar-refractivity contribution in [2.24, 2.45) is 0 Å². The quantitative estimate of drug-likeness (QED) is 0.719. The zero-order valence-corrected chi connectivity index (χ0v) is 15.1. The highest BCUT2D eigenvalue weighted by Crippen LogP contribution is 2.35. The number of benzene rings is 1. The normalized spacial score (nSPS) is 11.6. The maximum atomic E-state index is 13.0. The van der Waals surface area contributed by atoms with Crippen LogP contribution in [0.2, 0.25) is 0 Å². The molecule has 1 amide bonds. The van der Waals surface area contributed by atoms with Gasteiger partial charge in [-0.1, -0.05) is 0 Å². The van der Waals surface area contributed by atoms with Crippen LogP contribution in [0.15, 0.2) is 36.7 Å². The second-order valence-electron chi connectivity index (χ2n) is 6.32. The molecule has 0 aliphatic heterocycles. The van der Waals surface area contributed by atoms with Gasteiger partial charge in [0.05, 0.1) is 11.1 Å². The number of carbonyl (C=O) groups is 1. The Morgan fingerprint density at radius 3 is 2.44 bits per heavy atom. The Morgan fingerprint density at radius 2 is 1.85 bits per heavy atom. The molecule has 8 heteroatoms. The molecule has 0 aliphatic rings. The molecule has 0 saturated heterocycles. The fourth-order valence-corrected chi connectivity index (χ4v) is 3.04. The van der Waals surface area contributed by atoms with Crippen molar-refractivity contribution < 1.29 is 18.0 Å². The van der Waals surface area contributed by atoms with Crippen molar-refractivity contribution in [1.82, 2.24) is 14.9 Å². The van der Waals surface area contributed by atoms with Gasteiger partial charge in [0.2, 0.25) is 5.91 Å². The molecule has 3 aromatic rings. The lowest BCUT2D eigenvalue weighted by Crippen LogP contribution is -2.22. The van der Waals surface area contributed by atoms with Crippen molar-refractivity contribution >= 4 is 28.3 Å². The van der Waals surface area contributed by atoms with Crippen molar-refractivity contribution in [1.29, 1.82) is 0 Å². The molecule has 142 valence electrons. The SMILES string of the molecule is CNC(=O)Cn1ccc2c(Nc3c(C)cc(C(F)(F)F)cc3C)nccc21. The van der Waals surface area contributed by atoms with E-state index in [0.717, 1.165) is 23.0 Å². The lowest BCUT2D eigenvalue weighted by atomic mass is 10.0. The van der Waals surface area contributed by atoms with E-state index in [1.165, 1.54) is 0 Å². The minimum Gasteiger partial charge on any atom is -0.358 e. The smallest absolute Gasteiger partial charge is 0.358 e. The van der Waals surface area contributed by atoms with Gasteiger partial charge in [0, 0.05) is 30.5 Å². The highest BCUT2D eigenvalue weighted by Gasteiger charge is 2.31. The fraction of sp³-hybridized carbons (Fsp3) is 0.263. The topological polar surface area (TPSA) is 59.0 Å². The van der Waals surface area contributed by atoms with Gasteiger partial charge >= 0.3 is 6.18 Å². The third-order valence-corrected chi connectivity index (χ3v) is 4.39. The van der Waals surface area contributed by atoms with Crippen LogP contribution >= 0.6 is 0 Å². The lowest BCUT2D eigenvalue weighted by Gasteiger charge is -2.16. The number of halogens is 3. The summed E-state index contributed by atoms with van der Waals surface area (Å²) in [6.45, 7) is 3.42. The molecular weight excluding hydrogens is 357 g/mol. The molecule has 0 atom stereocenters. The van der Waals surface area contributed by atoms with E-state index < -0.39 is 11.7 Å². The third kappa shape index (κ3) is 3.74. The van der Waals surface area contributed by atoms with E-state index >= 15 is 0 Å². The largest absolute Gasteiger partial charge is 0.416 e. The Morgan fingerprint density at radius 1 is 1.19 bits per heavy atom. The average Bonchev–Trinajstić information content (AvgIpc) is 3.00. The Bertz CT molecular complexity index is 985. The number of alkyl halides is 3. The first-order valence-electron chi connectivity index (χ1n) is 8.30. The Hall–Kier alpha value is -3.03. The van der Waals surface area contributed by atoms with E-state index in [9.17, 15) is 18.0 Å². The number of anilines is 2. The number of carbonyl (C=O) groups excluding carboxylic acids is 1. The number of aromatic nitrogens is 2. The van der Waals surface area contributed by atoms with Gasteiger partial charge in [0.25, 0.3) is 0 Å². The van der Waals surface area contributed by atoms with Crippen LogP contribution < -0.4 is 10.6 Å². The Labute approximate surface area is 154 Å². The van der Waals surface area contributed by atoms with Gasteiger partial charge in [-0.25, -0.2) is 4.98 Å². The molecule has 1 aromatic carbocycles. The van der Waals surface area contributed by atoms with Crippen LogP contribution in [-0.4, -0.2) is 22.5 Å². The number of pyridine rings is 1. The molecule has 0 unspecified atom stereocenters. The molecule has 27 heavy (non-hydrogen) atoms. The summed E-state index contributed by atoms with van der Waals surface area (Å²) in [6.07, 6.45) is -1.01. The number of likely N-dealkylation sites (N-methyl/N-ethyl adjacent to an activating group) is 1. The molecule has 5 nitrogen and oxygen atoms in total. The average molecular weight is 376 g/mol. The first-order valence-corrected chi connectivity index (χ1v) is 8.30. The second kappa shape index (κ2) is 6.94. The number of aryl methyl sites for hydroxylation is 2. The van der Waals surface area contributed by atoms with Crippen LogP contribution in [-0.2, 0) is 17.5 Å². The standard InChI is InChI=1S/C19H19F3N4O/c1-11-8-13(19(20,21)22)9-12(2)17(11)25-18-14-5-7-26(10-16(27)23-3)15(14)4-6-24-18/h4-9H,10H2,1-3H3,(H,23,27)(H,24,25). The highest BCUT2D eigenvalue weighted by atomic mass is 19.4. The number of fused-ring (bicyclic) bond motifs is 1. The summed E-state index contributed by atoms with van der Waals surface area (Å²) >= 11 is 0. The summed E-state index contributed by atoms with van der Waals surface area (Å²) in [5, 5.41) is 6.50. The molecule has 0 aliphatic carbocycles. The van der Waals surface area contributed by atoms with E-state index in [0.29, 0.717) is 22.6 Å². The van der Waals surface area contributed by atoms with Gasteiger partial charge in [-0.2, -0.15) is 13.2 Å². The van der Waals surface area contributed by atoms with E-state index in [1.807, 2.05) is 6.07 Å². The van der Waals surface area contributed by atoms with Crippen LogP contribution in [0.1, 0.15) is 16.7 Å². The number of hydrogen-bond acceptors (Lipinski definition) is 3. The third-order valence-electron chi connectivity index (χ3n) is 4.39. The zero-order chi connectivity index (χ0) is 19.8. The molecule has 0 saturated carbocycles. The van der Waals surface area contributed by atoms with Crippen LogP contribution in [0.4, 0.5) is 24.7 Å². The lowest BCUT2D eigenvalue weighted by molar-refractivity contribution is -0.137. The predicted molar refractivity (Wildman–Crippen MR) is 98.0 cm³/mol. The number of amides is 1. The first kappa shape index (κ1) is 18.8. The van der Waals surface area contributed by atoms with Crippen molar-refractivity contribution in [2.75, 3.05) is 12.4 Å². The summed E-state index contributed by atoms with van der Waals surface area (Å²) in [5.41, 5.74) is 1.67. The molecule has 0 spiro atoms. The minimum atomic E-state index is -4.39. The van der Waals surface area contributed by atoms with Gasteiger partial charge in [0.1, 0.15) is 12.4 Å². The van der Waals surface area contributed by atoms with Crippen LogP contribution in [0.5, 0.6) is 0 Å². The van der Waals surface area contributed by atoms with Crippen molar-refractivity contribution in [2.45, 2.75) is 26.6 Å². The number of nitrogens with one attached hydrogen (secondary N) is 2. The first-order chi connectivity index (χ1) is 12.7. The molecule has 2 aromatic heterocycles. The van der Waals surface area contributed by atoms with Crippen LogP contribution in [0.3, 0.4) is 0 Å². The molecular formula is C19H19F3N4O. The number of hydrogen-bond donors (Lipinski definition) is 2. The molecule has 0 radical (unpaired) electrons. The van der Waals surface area contributed by atoms with Gasteiger partial charge < -0.3 is 15.2 Å². The van der Waals surface area contributed by atoms with Gasteiger partial charge in [-0.05, 0) is 49.2 Å². The van der Waals surface area contributed by atoms with Crippen molar-refractivity contribution in [3.63, 3.8) is 0 Å². The molecule has 2 heterocycles. The molecule has 3 rings (SSSR count). The Balaban J connectivity index is 1.99. The van der Waals surface area contributed by atoms with Crippen LogP contribution in [0.25, 0.3) is 10.9 Å². The van der Waals surface area contributed by atoms with E-state index in [2.05, 4.69) is 15.6 Å². The fourth-order valence-electron chi connectivity index (χ4n) is 3.04. The maximum absolute atomic E-state index is 13.0. The predicted octanol–water partition coefficient (Wildman–Crippen LogP) is 4.16. The number of nitrogens with zero attached hydrogens (tertiary/aromatic N) is 2. The Kier molecular flexibility index (Phi) is 4.82. The summed E-state index contributed by atoms with van der Waals surface area (Å²) in [5.74, 6) is 0.391. The molecule has 0 bridgehead atoms. The van der Waals surface area contributed by atoms with E-state index in [-0.39, 0.29) is 12.5 Å². The summed E-state index contributed by atoms with van der Waals surface area (Å²) in [6, 6.07) is 5.84. The van der Waals surface area contributed by atoms with Crippen molar-refractivity contribution in [3.05, 3.63) is 53.3 Å². The highest BCUT2D eigenvalue weighted by molar-refractivity contribution is 5.93. The summed E-state index contributed by atoms with van der Waals surface area (Å²) in [7, 11) is 1.57.